The summed E-state index contributed by atoms with van der Waals surface area (Å²) in [4.78, 5) is 79.0. The van der Waals surface area contributed by atoms with Gasteiger partial charge >= 0.3 is 0 Å². The molecule has 2 unspecified atom stereocenters. The third-order valence-electron chi connectivity index (χ3n) is 21.4. The summed E-state index contributed by atoms with van der Waals surface area (Å²) in [6.07, 6.45) is 14.0. The first-order valence-corrected chi connectivity index (χ1v) is 41.7. The Morgan fingerprint density at radius 3 is 1.73 bits per heavy atom. The Bertz CT molecular complexity index is 6590. The zero-order chi connectivity index (χ0) is 90.6. The number of carbonyl (C=O) groups excluding carboxylic acids is 2. The zero-order valence-corrected chi connectivity index (χ0v) is 72.5. The van der Waals surface area contributed by atoms with Crippen LogP contribution in [0, 0.1) is 44.8 Å². The molecule has 0 bridgehead atoms. The highest BCUT2D eigenvalue weighted by Crippen LogP contribution is 2.38. The number of halogens is 2. The van der Waals surface area contributed by atoms with Crippen LogP contribution in [-0.4, -0.2) is 116 Å². The van der Waals surface area contributed by atoms with E-state index < -0.39 is 0 Å². The van der Waals surface area contributed by atoms with Gasteiger partial charge in [0.1, 0.15) is 42.3 Å². The standard InChI is InChI=1S/C21H17N3O4.C20H19N3O4.C20H21N3O2.C19H16ClN3O2.C18H15FN4O2/c1-25-17-5-3-2-4-15(17)7-9-20-24-16(11-22)21(28-20)23-12-14-6-8-18-19(10-14)27-13-26-18;1-25-16-5-3-2-4-14(16)13-22-19-20(24)23(9-8-21-19)15-6-7-17-18(12-15)27-11-10-26-17;1-14-7-8-17(11-15(14)2)23-10-9-21-19(20(23)24)22-13-16-5-4-6-18(12-16)25-3;1-12-7-8-15(10-16(12)20)23-11-14(9-17(23)24)19-21-18(22-25-19)13-5-3-2-4-6-13;1-11-2-3-14(9-15(11)19)23-10-13(8-16(23)24)18-21-17(22-25-18)12-4-6-20-7-5-12/h2-10,23H,12-13H2,1H3;2-9,12H,10-11,13H2,1H3,(H,21,22);4-12H,13H2,1-3H3,(H,21,22);2-8,10,14H,9,11H2,1H3;2-7,9,13H,8,10H2,1H3/b9-7+;;;;. The number of amides is 2. The van der Waals surface area contributed by atoms with Crippen LogP contribution in [0.3, 0.4) is 0 Å². The van der Waals surface area contributed by atoms with Crippen molar-refractivity contribution in [2.24, 2.45) is 0 Å². The van der Waals surface area contributed by atoms with Crippen LogP contribution in [0.5, 0.6) is 40.2 Å². The molecule has 30 nitrogen and oxygen atoms in total. The summed E-state index contributed by atoms with van der Waals surface area (Å²) in [5.74, 6) is 7.47. The van der Waals surface area contributed by atoms with E-state index in [9.17, 15) is 28.8 Å². The third-order valence-corrected chi connectivity index (χ3v) is 21.8. The molecule has 2 amide bonds. The Hall–Kier alpha value is -16.2. The smallest absolute Gasteiger partial charge is 0.297 e. The summed E-state index contributed by atoms with van der Waals surface area (Å²) in [6, 6.07) is 65.7. The fourth-order valence-electron chi connectivity index (χ4n) is 14.2. The lowest BCUT2D eigenvalue weighted by Crippen LogP contribution is -2.24. The van der Waals surface area contributed by atoms with Gasteiger partial charge in [-0.25, -0.2) is 14.4 Å². The molecule has 6 aromatic heterocycles. The number of methoxy groups -OCH3 is 3. The topological polar surface area (TPSA) is 352 Å². The number of aromatic nitrogens is 10. The van der Waals surface area contributed by atoms with Gasteiger partial charge in [0, 0.05) is 139 Å². The van der Waals surface area contributed by atoms with Crippen molar-refractivity contribution < 1.29 is 60.6 Å². The molecule has 0 spiro atoms. The molecular weight excluding hydrogens is 1680 g/mol. The molecule has 2 fully saturated rings. The molecule has 0 saturated carbocycles. The fourth-order valence-corrected chi connectivity index (χ4v) is 14.4. The van der Waals surface area contributed by atoms with Crippen molar-refractivity contribution in [3.05, 3.63) is 343 Å². The van der Waals surface area contributed by atoms with Crippen LogP contribution in [0.1, 0.15) is 92.6 Å². The quantitative estimate of drug-likeness (QED) is 0.0567. The molecule has 3 N–H and O–H groups in total. The lowest BCUT2D eigenvalue weighted by molar-refractivity contribution is -0.118. The average molecular weight is 1770 g/mol. The number of oxazole rings is 1. The second-order valence-electron chi connectivity index (χ2n) is 30.0. The minimum absolute atomic E-state index is 0.0318. The molecule has 2 saturated heterocycles. The number of hydrogen-bond acceptors (Lipinski definition) is 26. The largest absolute Gasteiger partial charge is 0.497 e. The van der Waals surface area contributed by atoms with Gasteiger partial charge in [0.05, 0.1) is 38.9 Å². The Morgan fingerprint density at radius 1 is 0.508 bits per heavy atom. The Kier molecular flexibility index (Phi) is 28.4. The number of rotatable bonds is 22. The van der Waals surface area contributed by atoms with Crippen LogP contribution in [0.4, 0.5) is 33.3 Å². The van der Waals surface area contributed by atoms with E-state index in [1.807, 2.05) is 190 Å². The highest BCUT2D eigenvalue weighted by atomic mass is 35.5. The number of carbonyl (C=O) groups is 2. The summed E-state index contributed by atoms with van der Waals surface area (Å²) < 4.78 is 71.0. The maximum atomic E-state index is 13.8. The van der Waals surface area contributed by atoms with E-state index in [0.29, 0.717) is 133 Å². The first-order chi connectivity index (χ1) is 63.3. The van der Waals surface area contributed by atoms with Gasteiger partial charge in [0.2, 0.25) is 59.5 Å². The number of nitrogens with one attached hydrogen (secondary N) is 3. The van der Waals surface area contributed by atoms with Crippen molar-refractivity contribution in [2.45, 2.75) is 72.0 Å². The summed E-state index contributed by atoms with van der Waals surface area (Å²) in [5.41, 5.74) is 12.0. The van der Waals surface area contributed by atoms with Gasteiger partial charge in [-0.3, -0.25) is 33.3 Å². The number of hydrogen-bond donors (Lipinski definition) is 3. The van der Waals surface area contributed by atoms with E-state index in [0.717, 1.165) is 78.9 Å². The predicted octanol–water partition coefficient (Wildman–Crippen LogP) is 17.5. The molecule has 4 aliphatic heterocycles. The summed E-state index contributed by atoms with van der Waals surface area (Å²) in [5, 5.41) is 27.3. The first-order valence-electron chi connectivity index (χ1n) is 41.3. The summed E-state index contributed by atoms with van der Waals surface area (Å²) in [7, 11) is 4.87. The van der Waals surface area contributed by atoms with Gasteiger partial charge in [-0.15, -0.1) is 0 Å². The number of pyridine rings is 1. The average Bonchev–Trinajstić information content (AvgIpc) is 1.67. The molecule has 0 aliphatic carbocycles. The van der Waals surface area contributed by atoms with Crippen LogP contribution < -0.4 is 70.0 Å². The van der Waals surface area contributed by atoms with E-state index in [4.69, 9.17) is 58.2 Å². The Labute approximate surface area is 751 Å². The van der Waals surface area contributed by atoms with Gasteiger partial charge < -0.3 is 72.4 Å². The lowest BCUT2D eigenvalue weighted by atomic mass is 10.1. The first kappa shape index (κ1) is 88.6. The summed E-state index contributed by atoms with van der Waals surface area (Å²) >= 11 is 6.19. The molecule has 2 atom stereocenters. The Morgan fingerprint density at radius 2 is 1.07 bits per heavy atom. The van der Waals surface area contributed by atoms with Crippen LogP contribution >= 0.6 is 11.6 Å². The number of nitrogens with zero attached hydrogens (tertiary/aromatic N) is 13. The number of anilines is 5. The van der Waals surface area contributed by atoms with Crippen molar-refractivity contribution in [3.8, 4) is 80.5 Å². The SMILES string of the molecule is COc1cccc(CNc2nccn(-c3ccc(C)c(C)c3)c2=O)c1.COc1ccccc1/C=C/c1nc(C#N)c(NCc2ccc3c(c2)OCO3)o1.COc1ccccc1CNc1nccn(-c2ccc3c(c2)OCCO3)c1=O.Cc1ccc(N2CC(c3nc(-c4ccccc4)no3)CC2=O)cc1Cl.Cc1ccc(N2CC(c3nc(-c4ccncc4)no3)CC2=O)cc1F. The number of aryl methyl sites for hydroxylation is 4. The number of nitriles is 1. The molecule has 658 valence electrons. The van der Waals surface area contributed by atoms with Gasteiger partial charge in [-0.1, -0.05) is 125 Å². The second-order valence-corrected chi connectivity index (χ2v) is 30.4. The number of fused-ring (bicyclic) bond motifs is 2. The van der Waals surface area contributed by atoms with Gasteiger partial charge in [-0.05, 0) is 164 Å². The summed E-state index contributed by atoms with van der Waals surface area (Å²) in [6.45, 7) is 11.2. The van der Waals surface area contributed by atoms with E-state index in [2.05, 4.69) is 63.1 Å². The molecule has 0 radical (unpaired) electrons. The molecule has 130 heavy (non-hydrogen) atoms. The van der Waals surface area contributed by atoms with Crippen molar-refractivity contribution in [2.75, 3.05) is 80.2 Å². The maximum absolute atomic E-state index is 13.8. The number of benzene rings is 9. The van der Waals surface area contributed by atoms with Crippen molar-refractivity contribution >= 4 is 64.5 Å². The van der Waals surface area contributed by atoms with E-state index >= 15 is 0 Å². The Balaban J connectivity index is 0.000000125. The van der Waals surface area contributed by atoms with Gasteiger partial charge in [0.15, 0.2) is 34.6 Å². The van der Waals surface area contributed by atoms with Crippen LogP contribution in [0.25, 0.3) is 46.3 Å². The van der Waals surface area contributed by atoms with Crippen molar-refractivity contribution in [1.29, 1.82) is 5.26 Å². The fraction of sp³-hybridized carbons (Fsp3) is 0.194. The van der Waals surface area contributed by atoms with Gasteiger partial charge in [-0.2, -0.15) is 20.2 Å². The van der Waals surface area contributed by atoms with Crippen molar-refractivity contribution in [3.63, 3.8) is 0 Å². The number of para-hydroxylation sites is 2. The van der Waals surface area contributed by atoms with E-state index in [-0.39, 0.29) is 65.3 Å². The highest BCUT2D eigenvalue weighted by Gasteiger charge is 2.37. The third kappa shape index (κ3) is 21.6. The maximum Gasteiger partial charge on any atom is 0.297 e. The van der Waals surface area contributed by atoms with Crippen molar-refractivity contribution in [1.82, 2.24) is 49.4 Å². The highest BCUT2D eigenvalue weighted by molar-refractivity contribution is 6.31. The predicted molar refractivity (Wildman–Crippen MR) is 488 cm³/mol. The van der Waals surface area contributed by atoms with E-state index in [1.165, 1.54) is 16.2 Å². The molecule has 4 aliphatic rings. The zero-order valence-electron chi connectivity index (χ0n) is 71.8. The monoisotopic (exact) mass is 1770 g/mol. The minimum Gasteiger partial charge on any atom is -0.497 e. The van der Waals surface area contributed by atoms with E-state index in [1.54, 1.807) is 122 Å². The normalized spacial score (nSPS) is 13.9. The molecule has 19 rings (SSSR count). The molecule has 10 heterocycles. The lowest BCUT2D eigenvalue weighted by Gasteiger charge is -2.19. The molecular formula is C98H88ClFN16O14. The second kappa shape index (κ2) is 41.7. The molecule has 32 heteroatoms. The van der Waals surface area contributed by atoms with Crippen LogP contribution in [-0.2, 0) is 29.2 Å². The minimum atomic E-state index is -0.327. The van der Waals surface area contributed by atoms with Crippen LogP contribution in [0.15, 0.2) is 266 Å². The number of ether oxygens (including phenoxy) is 7. The molecule has 15 aromatic rings. The van der Waals surface area contributed by atoms with Crippen LogP contribution in [0.2, 0.25) is 5.02 Å². The van der Waals surface area contributed by atoms with Gasteiger partial charge in [0.25, 0.3) is 11.1 Å². The molecule has 9 aromatic carbocycles.